The highest BCUT2D eigenvalue weighted by Gasteiger charge is 2.14. The van der Waals surface area contributed by atoms with E-state index in [1.807, 2.05) is 6.92 Å². The van der Waals surface area contributed by atoms with Crippen molar-refractivity contribution in [2.45, 2.75) is 26.8 Å². The number of aromatic carboxylic acids is 1. The van der Waals surface area contributed by atoms with Crippen molar-refractivity contribution in [3.63, 3.8) is 0 Å². The van der Waals surface area contributed by atoms with Crippen LogP contribution in [-0.4, -0.2) is 35.3 Å². The number of nitrogens with zero attached hydrogens (tertiary/aromatic N) is 1. The molecule has 0 radical (unpaired) electrons. The fourth-order valence-corrected chi connectivity index (χ4v) is 1.44. The summed E-state index contributed by atoms with van der Waals surface area (Å²) >= 11 is 0. The summed E-state index contributed by atoms with van der Waals surface area (Å²) in [5.41, 5.74) is 0.187. The summed E-state index contributed by atoms with van der Waals surface area (Å²) in [7, 11) is 0. The minimum absolute atomic E-state index is 0.160. The Morgan fingerprint density at radius 2 is 2.22 bits per heavy atom. The number of carboxylic acid groups (broad SMARTS) is 1. The standard InChI is InChI=1S/C13H20N2O3/c1-4-18-8-11(9(2)3)15-12-6-5-10(7-14-12)13(16)17/h5-7,9,11H,4,8H2,1-3H3,(H,14,15)(H,16,17). The number of nitrogens with one attached hydrogen (secondary N) is 1. The lowest BCUT2D eigenvalue weighted by atomic mass is 10.1. The molecule has 0 aromatic carbocycles. The molecule has 100 valence electrons. The molecule has 0 saturated carbocycles. The van der Waals surface area contributed by atoms with E-state index in [1.54, 1.807) is 6.07 Å². The molecule has 2 N–H and O–H groups in total. The molecule has 0 aliphatic rings. The van der Waals surface area contributed by atoms with Crippen LogP contribution in [0.15, 0.2) is 18.3 Å². The molecule has 0 aliphatic heterocycles. The van der Waals surface area contributed by atoms with Crippen LogP contribution in [-0.2, 0) is 4.74 Å². The zero-order valence-electron chi connectivity index (χ0n) is 11.0. The lowest BCUT2D eigenvalue weighted by Crippen LogP contribution is -2.31. The van der Waals surface area contributed by atoms with Crippen molar-refractivity contribution < 1.29 is 14.6 Å². The monoisotopic (exact) mass is 252 g/mol. The van der Waals surface area contributed by atoms with Gasteiger partial charge >= 0.3 is 5.97 Å². The molecule has 1 rings (SSSR count). The quantitative estimate of drug-likeness (QED) is 0.778. The largest absolute Gasteiger partial charge is 0.478 e. The summed E-state index contributed by atoms with van der Waals surface area (Å²) in [5, 5.41) is 12.0. The van der Waals surface area contributed by atoms with Crippen molar-refractivity contribution in [1.29, 1.82) is 0 Å². The van der Waals surface area contributed by atoms with Gasteiger partial charge in [-0.05, 0) is 25.0 Å². The van der Waals surface area contributed by atoms with Crippen molar-refractivity contribution >= 4 is 11.8 Å². The molecule has 5 heteroatoms. The van der Waals surface area contributed by atoms with Crippen LogP contribution in [0.1, 0.15) is 31.1 Å². The summed E-state index contributed by atoms with van der Waals surface area (Å²) in [6.45, 7) is 7.44. The molecule has 1 unspecified atom stereocenters. The predicted octanol–water partition coefficient (Wildman–Crippen LogP) is 2.25. The maximum atomic E-state index is 10.7. The SMILES string of the molecule is CCOCC(Nc1ccc(C(=O)O)cn1)C(C)C. The lowest BCUT2D eigenvalue weighted by molar-refractivity contribution is 0.0696. The van der Waals surface area contributed by atoms with Gasteiger partial charge in [-0.1, -0.05) is 13.8 Å². The number of ether oxygens (including phenoxy) is 1. The summed E-state index contributed by atoms with van der Waals surface area (Å²) in [4.78, 5) is 14.8. The number of hydrogen-bond acceptors (Lipinski definition) is 4. The molecule has 1 heterocycles. The van der Waals surface area contributed by atoms with Gasteiger partial charge in [-0.25, -0.2) is 9.78 Å². The van der Waals surface area contributed by atoms with Crippen molar-refractivity contribution in [3.05, 3.63) is 23.9 Å². The maximum Gasteiger partial charge on any atom is 0.337 e. The number of rotatable bonds is 7. The number of hydrogen-bond donors (Lipinski definition) is 2. The van der Waals surface area contributed by atoms with Crippen LogP contribution in [0, 0.1) is 5.92 Å². The second-order valence-corrected chi connectivity index (χ2v) is 4.39. The Hall–Kier alpha value is -1.62. The molecule has 0 amide bonds. The Kier molecular flexibility index (Phi) is 5.58. The Balaban J connectivity index is 2.65. The molecular weight excluding hydrogens is 232 g/mol. The number of aromatic nitrogens is 1. The third-order valence-electron chi connectivity index (χ3n) is 2.65. The molecule has 0 saturated heterocycles. The third-order valence-corrected chi connectivity index (χ3v) is 2.65. The average Bonchev–Trinajstić information content (AvgIpc) is 2.34. The number of pyridine rings is 1. The molecule has 5 nitrogen and oxygen atoms in total. The molecule has 1 aromatic rings. The van der Waals surface area contributed by atoms with E-state index < -0.39 is 5.97 Å². The van der Waals surface area contributed by atoms with Gasteiger partial charge in [0.2, 0.25) is 0 Å². The van der Waals surface area contributed by atoms with Crippen molar-refractivity contribution in [2.24, 2.45) is 5.92 Å². The fourth-order valence-electron chi connectivity index (χ4n) is 1.44. The normalized spacial score (nSPS) is 12.4. The summed E-state index contributed by atoms with van der Waals surface area (Å²) in [6, 6.07) is 3.37. The van der Waals surface area contributed by atoms with Crippen LogP contribution in [0.4, 0.5) is 5.82 Å². The molecule has 1 atom stereocenters. The molecule has 18 heavy (non-hydrogen) atoms. The summed E-state index contributed by atoms with van der Waals surface area (Å²) in [6.07, 6.45) is 1.35. The van der Waals surface area contributed by atoms with Gasteiger partial charge in [0.1, 0.15) is 5.82 Å². The van der Waals surface area contributed by atoms with Gasteiger partial charge in [-0.2, -0.15) is 0 Å². The Bertz CT molecular complexity index is 376. The van der Waals surface area contributed by atoms with Gasteiger partial charge in [-0.15, -0.1) is 0 Å². The second-order valence-electron chi connectivity index (χ2n) is 4.39. The predicted molar refractivity (Wildman–Crippen MR) is 69.9 cm³/mol. The highest BCUT2D eigenvalue weighted by molar-refractivity contribution is 5.87. The van der Waals surface area contributed by atoms with Crippen LogP contribution in [0.2, 0.25) is 0 Å². The fraction of sp³-hybridized carbons (Fsp3) is 0.538. The third kappa shape index (κ3) is 4.33. The maximum absolute atomic E-state index is 10.7. The highest BCUT2D eigenvalue weighted by atomic mass is 16.5. The molecular formula is C13H20N2O3. The van der Waals surface area contributed by atoms with Crippen LogP contribution < -0.4 is 5.32 Å². The Morgan fingerprint density at radius 3 is 2.67 bits per heavy atom. The molecule has 0 bridgehead atoms. The van der Waals surface area contributed by atoms with E-state index in [0.29, 0.717) is 24.9 Å². The van der Waals surface area contributed by atoms with Crippen LogP contribution in [0.3, 0.4) is 0 Å². The zero-order chi connectivity index (χ0) is 13.5. The molecule has 0 fully saturated rings. The smallest absolute Gasteiger partial charge is 0.337 e. The first-order valence-corrected chi connectivity index (χ1v) is 6.08. The van der Waals surface area contributed by atoms with Crippen molar-refractivity contribution in [2.75, 3.05) is 18.5 Å². The van der Waals surface area contributed by atoms with E-state index in [2.05, 4.69) is 24.1 Å². The molecule has 0 spiro atoms. The highest BCUT2D eigenvalue weighted by Crippen LogP contribution is 2.11. The molecule has 1 aromatic heterocycles. The average molecular weight is 252 g/mol. The Labute approximate surface area is 107 Å². The van der Waals surface area contributed by atoms with Gasteiger partial charge in [0.05, 0.1) is 18.2 Å². The van der Waals surface area contributed by atoms with E-state index in [9.17, 15) is 4.79 Å². The second kappa shape index (κ2) is 6.96. The van der Waals surface area contributed by atoms with E-state index in [0.717, 1.165) is 0 Å². The van der Waals surface area contributed by atoms with Gasteiger partial charge in [0.15, 0.2) is 0 Å². The number of carbonyl (C=O) groups is 1. The zero-order valence-corrected chi connectivity index (χ0v) is 11.0. The van der Waals surface area contributed by atoms with Gasteiger partial charge in [0.25, 0.3) is 0 Å². The van der Waals surface area contributed by atoms with Crippen LogP contribution in [0.25, 0.3) is 0 Å². The minimum Gasteiger partial charge on any atom is -0.478 e. The number of anilines is 1. The van der Waals surface area contributed by atoms with Gasteiger partial charge < -0.3 is 15.2 Å². The van der Waals surface area contributed by atoms with Crippen LogP contribution >= 0.6 is 0 Å². The molecule has 0 aliphatic carbocycles. The summed E-state index contributed by atoms with van der Waals surface area (Å²) in [5.74, 6) is 0.0969. The number of carboxylic acids is 1. The lowest BCUT2D eigenvalue weighted by Gasteiger charge is -2.22. The van der Waals surface area contributed by atoms with E-state index in [1.165, 1.54) is 12.3 Å². The van der Waals surface area contributed by atoms with E-state index in [4.69, 9.17) is 9.84 Å². The first kappa shape index (κ1) is 14.4. The van der Waals surface area contributed by atoms with Gasteiger partial charge in [-0.3, -0.25) is 0 Å². The van der Waals surface area contributed by atoms with Crippen molar-refractivity contribution in [3.8, 4) is 0 Å². The van der Waals surface area contributed by atoms with Crippen LogP contribution in [0.5, 0.6) is 0 Å². The summed E-state index contributed by atoms with van der Waals surface area (Å²) < 4.78 is 5.41. The van der Waals surface area contributed by atoms with Crippen molar-refractivity contribution in [1.82, 2.24) is 4.98 Å². The topological polar surface area (TPSA) is 71.5 Å². The Morgan fingerprint density at radius 1 is 1.50 bits per heavy atom. The van der Waals surface area contributed by atoms with E-state index in [-0.39, 0.29) is 11.6 Å². The first-order valence-electron chi connectivity index (χ1n) is 6.08. The first-order chi connectivity index (χ1) is 8.54. The van der Waals surface area contributed by atoms with Gasteiger partial charge in [0, 0.05) is 12.8 Å². The van der Waals surface area contributed by atoms with E-state index >= 15 is 0 Å². The minimum atomic E-state index is -0.969.